The lowest BCUT2D eigenvalue weighted by Gasteiger charge is -2.12. The monoisotopic (exact) mass is 254 g/mol. The van der Waals surface area contributed by atoms with Gasteiger partial charge in [-0.25, -0.2) is 0 Å². The first-order chi connectivity index (χ1) is 9.15. The van der Waals surface area contributed by atoms with Gasteiger partial charge in [-0.05, 0) is 60.6 Å². The zero-order chi connectivity index (χ0) is 13.8. The molecule has 0 radical (unpaired) electrons. The van der Waals surface area contributed by atoms with E-state index in [1.165, 1.54) is 27.8 Å². The fraction of sp³-hybridized carbons (Fsp3) is 0.333. The standard InChI is InChI=1S/C18H22O/c1-5-16-11-15(9-10-18(16)19-4)12-17-13(2)7-6-8-14(17)3/h6-11H,5,12H2,1-4H3. The van der Waals surface area contributed by atoms with Crippen LogP contribution in [0, 0.1) is 13.8 Å². The van der Waals surface area contributed by atoms with Crippen LogP contribution in [-0.2, 0) is 12.8 Å². The third kappa shape index (κ3) is 2.98. The largest absolute Gasteiger partial charge is 0.496 e. The van der Waals surface area contributed by atoms with Crippen LogP contribution in [-0.4, -0.2) is 7.11 Å². The predicted octanol–water partition coefficient (Wildman–Crippen LogP) is 4.47. The maximum Gasteiger partial charge on any atom is 0.122 e. The van der Waals surface area contributed by atoms with E-state index >= 15 is 0 Å². The van der Waals surface area contributed by atoms with E-state index in [4.69, 9.17) is 4.74 Å². The normalized spacial score (nSPS) is 10.5. The van der Waals surface area contributed by atoms with E-state index in [-0.39, 0.29) is 0 Å². The maximum absolute atomic E-state index is 5.39. The summed E-state index contributed by atoms with van der Waals surface area (Å²) in [6.07, 6.45) is 2.00. The molecule has 100 valence electrons. The van der Waals surface area contributed by atoms with E-state index in [9.17, 15) is 0 Å². The average molecular weight is 254 g/mol. The Hall–Kier alpha value is -1.76. The van der Waals surface area contributed by atoms with Gasteiger partial charge in [-0.1, -0.05) is 37.3 Å². The molecule has 0 atom stereocenters. The molecule has 19 heavy (non-hydrogen) atoms. The number of aryl methyl sites for hydroxylation is 3. The molecule has 0 spiro atoms. The van der Waals surface area contributed by atoms with Crippen LogP contribution in [0.3, 0.4) is 0 Å². The molecule has 0 aliphatic carbocycles. The van der Waals surface area contributed by atoms with E-state index < -0.39 is 0 Å². The zero-order valence-electron chi connectivity index (χ0n) is 12.3. The molecule has 0 heterocycles. The molecule has 0 aliphatic rings. The summed E-state index contributed by atoms with van der Waals surface area (Å²) in [4.78, 5) is 0. The summed E-state index contributed by atoms with van der Waals surface area (Å²) in [6.45, 7) is 6.54. The zero-order valence-corrected chi connectivity index (χ0v) is 12.3. The first-order valence-electron chi connectivity index (χ1n) is 6.86. The topological polar surface area (TPSA) is 9.23 Å². The molecule has 0 saturated heterocycles. The third-order valence-corrected chi connectivity index (χ3v) is 3.75. The fourth-order valence-corrected chi connectivity index (χ4v) is 2.55. The van der Waals surface area contributed by atoms with Gasteiger partial charge in [0.1, 0.15) is 5.75 Å². The van der Waals surface area contributed by atoms with Gasteiger partial charge >= 0.3 is 0 Å². The number of hydrogen-bond acceptors (Lipinski definition) is 1. The van der Waals surface area contributed by atoms with Crippen molar-refractivity contribution in [2.45, 2.75) is 33.6 Å². The summed E-state index contributed by atoms with van der Waals surface area (Å²) in [5.74, 6) is 0.993. The van der Waals surface area contributed by atoms with E-state index in [1.54, 1.807) is 7.11 Å². The Balaban J connectivity index is 2.33. The third-order valence-electron chi connectivity index (χ3n) is 3.75. The summed E-state index contributed by atoms with van der Waals surface area (Å²) in [5, 5.41) is 0. The Morgan fingerprint density at radius 2 is 1.68 bits per heavy atom. The highest BCUT2D eigenvalue weighted by Gasteiger charge is 2.06. The molecule has 0 unspecified atom stereocenters. The van der Waals surface area contributed by atoms with Gasteiger partial charge < -0.3 is 4.74 Å². The van der Waals surface area contributed by atoms with Crippen LogP contribution < -0.4 is 4.74 Å². The van der Waals surface area contributed by atoms with Crippen LogP contribution in [0.4, 0.5) is 0 Å². The molecule has 0 bridgehead atoms. The number of methoxy groups -OCH3 is 1. The first kappa shape index (κ1) is 13.7. The summed E-state index contributed by atoms with van der Waals surface area (Å²) >= 11 is 0. The van der Waals surface area contributed by atoms with Crippen molar-refractivity contribution in [3.63, 3.8) is 0 Å². The molecular weight excluding hydrogens is 232 g/mol. The predicted molar refractivity (Wildman–Crippen MR) is 81.1 cm³/mol. The molecule has 0 fully saturated rings. The van der Waals surface area contributed by atoms with E-state index in [0.717, 1.165) is 18.6 Å². The highest BCUT2D eigenvalue weighted by molar-refractivity contribution is 5.42. The summed E-state index contributed by atoms with van der Waals surface area (Å²) < 4.78 is 5.39. The molecule has 2 aromatic carbocycles. The van der Waals surface area contributed by atoms with Crippen molar-refractivity contribution in [3.8, 4) is 5.75 Å². The van der Waals surface area contributed by atoms with Crippen LogP contribution in [0.2, 0.25) is 0 Å². The van der Waals surface area contributed by atoms with E-state index in [2.05, 4.69) is 57.2 Å². The van der Waals surface area contributed by atoms with Crippen molar-refractivity contribution < 1.29 is 4.74 Å². The molecule has 0 aliphatic heterocycles. The number of rotatable bonds is 4. The molecule has 2 aromatic rings. The Kier molecular flexibility index (Phi) is 4.26. The smallest absolute Gasteiger partial charge is 0.122 e. The number of hydrogen-bond donors (Lipinski definition) is 0. The van der Waals surface area contributed by atoms with Gasteiger partial charge in [-0.15, -0.1) is 0 Å². The summed E-state index contributed by atoms with van der Waals surface area (Å²) in [6, 6.07) is 13.0. The van der Waals surface area contributed by atoms with Gasteiger partial charge in [0.25, 0.3) is 0 Å². The Labute approximate surface area is 116 Å². The van der Waals surface area contributed by atoms with Gasteiger partial charge in [0.05, 0.1) is 7.11 Å². The van der Waals surface area contributed by atoms with E-state index in [0.29, 0.717) is 0 Å². The summed E-state index contributed by atoms with van der Waals surface area (Å²) in [7, 11) is 1.74. The van der Waals surface area contributed by atoms with Crippen LogP contribution in [0.1, 0.15) is 34.7 Å². The second-order valence-electron chi connectivity index (χ2n) is 5.05. The second kappa shape index (κ2) is 5.92. The van der Waals surface area contributed by atoms with Crippen molar-refractivity contribution in [3.05, 3.63) is 64.2 Å². The van der Waals surface area contributed by atoms with E-state index in [1.807, 2.05) is 0 Å². The average Bonchev–Trinajstić information content (AvgIpc) is 2.42. The lowest BCUT2D eigenvalue weighted by molar-refractivity contribution is 0.410. The van der Waals surface area contributed by atoms with Crippen molar-refractivity contribution >= 4 is 0 Å². The van der Waals surface area contributed by atoms with Crippen molar-refractivity contribution in [1.82, 2.24) is 0 Å². The highest BCUT2D eigenvalue weighted by atomic mass is 16.5. The molecule has 0 amide bonds. The number of ether oxygens (including phenoxy) is 1. The van der Waals surface area contributed by atoms with Gasteiger partial charge in [-0.2, -0.15) is 0 Å². The lowest BCUT2D eigenvalue weighted by Crippen LogP contribution is -1.97. The Bertz CT molecular complexity index is 550. The molecule has 1 nitrogen and oxygen atoms in total. The Morgan fingerprint density at radius 3 is 2.26 bits per heavy atom. The summed E-state index contributed by atoms with van der Waals surface area (Å²) in [5.41, 5.74) is 6.82. The minimum atomic E-state index is 0.993. The van der Waals surface area contributed by atoms with Gasteiger partial charge in [0.15, 0.2) is 0 Å². The molecule has 2 rings (SSSR count). The van der Waals surface area contributed by atoms with Crippen LogP contribution >= 0.6 is 0 Å². The SMILES string of the molecule is CCc1cc(Cc2c(C)cccc2C)ccc1OC. The molecular formula is C18H22O. The van der Waals surface area contributed by atoms with Crippen molar-refractivity contribution in [2.75, 3.05) is 7.11 Å². The van der Waals surface area contributed by atoms with Gasteiger partial charge in [0.2, 0.25) is 0 Å². The first-order valence-corrected chi connectivity index (χ1v) is 6.86. The van der Waals surface area contributed by atoms with Gasteiger partial charge in [0, 0.05) is 0 Å². The molecule has 0 aromatic heterocycles. The minimum Gasteiger partial charge on any atom is -0.496 e. The molecule has 1 heteroatoms. The van der Waals surface area contributed by atoms with Crippen molar-refractivity contribution in [2.24, 2.45) is 0 Å². The van der Waals surface area contributed by atoms with Crippen molar-refractivity contribution in [1.29, 1.82) is 0 Å². The number of benzene rings is 2. The van der Waals surface area contributed by atoms with Crippen LogP contribution in [0.5, 0.6) is 5.75 Å². The lowest BCUT2D eigenvalue weighted by atomic mass is 9.95. The quantitative estimate of drug-likeness (QED) is 0.782. The minimum absolute atomic E-state index is 0.993. The Morgan fingerprint density at radius 1 is 1.00 bits per heavy atom. The fourth-order valence-electron chi connectivity index (χ4n) is 2.55. The van der Waals surface area contributed by atoms with Gasteiger partial charge in [-0.3, -0.25) is 0 Å². The second-order valence-corrected chi connectivity index (χ2v) is 5.05. The maximum atomic E-state index is 5.39. The molecule has 0 saturated carbocycles. The van der Waals surface area contributed by atoms with Crippen LogP contribution in [0.15, 0.2) is 36.4 Å². The highest BCUT2D eigenvalue weighted by Crippen LogP contribution is 2.24. The molecule has 0 N–H and O–H groups in total. The van der Waals surface area contributed by atoms with Crippen LogP contribution in [0.25, 0.3) is 0 Å².